The van der Waals surface area contributed by atoms with E-state index in [9.17, 15) is 0 Å². The fourth-order valence-corrected chi connectivity index (χ4v) is 59.4. The Bertz CT molecular complexity index is 381. The van der Waals surface area contributed by atoms with E-state index in [4.69, 9.17) is 9.30 Å². The molecule has 0 amide bonds. The van der Waals surface area contributed by atoms with E-state index in [0.717, 1.165) is 0 Å². The maximum absolute atomic E-state index is 7.50. The smallest absolute Gasteiger partial charge is 0.214 e. The van der Waals surface area contributed by atoms with Gasteiger partial charge in [0.25, 0.3) is 0 Å². The average molecular weight is 425 g/mol. The van der Waals surface area contributed by atoms with Gasteiger partial charge in [-0.3, -0.25) is 0 Å². The van der Waals surface area contributed by atoms with Crippen molar-refractivity contribution in [1.29, 1.82) is 0 Å². The minimum atomic E-state index is -0.873. The van der Waals surface area contributed by atoms with Gasteiger partial charge in [0.15, 0.2) is 0 Å². The molecule has 1 rings (SSSR count). The standard InChI is InChI=1S/C9H27Si4.C5H5.2CO.Fe/c1-10(2)12(6,7)13(8,9)11(3,4)5;1-2-4-5-3-1;2*1-2;/h1-9H3;1-5H;;;/q;-1;;;+5. The first-order chi connectivity index (χ1) is 9.94. The second-order valence-corrected chi connectivity index (χ2v) is 46.0. The molecule has 0 unspecified atom stereocenters. The molecule has 7 heteroatoms. The Hall–Kier alpha value is 0.217. The Balaban J connectivity index is -0.000000149. The summed E-state index contributed by atoms with van der Waals surface area (Å²) in [6.07, 6.45) is 0. The zero-order chi connectivity index (χ0) is 18.6. The molecule has 2 radical (unpaired) electrons. The molecule has 0 saturated heterocycles. The minimum Gasteiger partial charge on any atom is -0.214 e. The summed E-state index contributed by atoms with van der Waals surface area (Å²) in [5, 5.41) is 0. The molecule has 0 atom stereocenters. The first-order valence-corrected chi connectivity index (χ1v) is 22.3. The van der Waals surface area contributed by atoms with E-state index in [1.165, 1.54) is 0 Å². The first kappa shape index (κ1) is 31.0. The van der Waals surface area contributed by atoms with E-state index < -0.39 is 21.8 Å². The third-order valence-electron chi connectivity index (χ3n) is 5.24. The van der Waals surface area contributed by atoms with Crippen LogP contribution in [0.3, 0.4) is 0 Å². The van der Waals surface area contributed by atoms with Gasteiger partial charge in [-0.2, -0.15) is 18.2 Å². The van der Waals surface area contributed by atoms with E-state index in [0.29, 0.717) is 0 Å². The molecule has 2 nitrogen and oxygen atoms in total. The van der Waals surface area contributed by atoms with Crippen molar-refractivity contribution in [2.24, 2.45) is 0 Å². The summed E-state index contributed by atoms with van der Waals surface area (Å²) >= 11 is 0. The summed E-state index contributed by atoms with van der Waals surface area (Å²) in [7, 11) is -2.59. The van der Waals surface area contributed by atoms with Gasteiger partial charge in [0.2, 0.25) is 0 Å². The molecule has 0 aliphatic carbocycles. The van der Waals surface area contributed by atoms with Crippen LogP contribution >= 0.6 is 0 Å². The Labute approximate surface area is 158 Å². The third-order valence-corrected chi connectivity index (χ3v) is 67.5. The van der Waals surface area contributed by atoms with Crippen molar-refractivity contribution < 1.29 is 26.4 Å². The van der Waals surface area contributed by atoms with Gasteiger partial charge in [-0.1, -0.05) is 58.9 Å². The molecule has 0 bridgehead atoms. The van der Waals surface area contributed by atoms with Crippen molar-refractivity contribution in [1.82, 2.24) is 0 Å². The van der Waals surface area contributed by atoms with Crippen LogP contribution in [0.25, 0.3) is 0 Å². The molecule has 128 valence electrons. The molecule has 23 heavy (non-hydrogen) atoms. The van der Waals surface area contributed by atoms with Crippen molar-refractivity contribution in [3.63, 3.8) is 0 Å². The summed E-state index contributed by atoms with van der Waals surface area (Å²) in [5.74, 6) is 0. The summed E-state index contributed by atoms with van der Waals surface area (Å²) < 4.78 is 15.0. The summed E-state index contributed by atoms with van der Waals surface area (Å²) in [5.41, 5.74) is 0. The molecule has 0 aliphatic heterocycles. The van der Waals surface area contributed by atoms with Crippen LogP contribution in [0.1, 0.15) is 0 Å². The van der Waals surface area contributed by atoms with Gasteiger partial charge in [0.05, 0.1) is 0 Å². The monoisotopic (exact) mass is 424 g/mol. The Morgan fingerprint density at radius 3 is 1.17 bits per heavy atom. The molecule has 1 aromatic rings. The summed E-state index contributed by atoms with van der Waals surface area (Å²) in [4.78, 5) is 0. The molecular formula is C16H32FeO2Si4+4. The van der Waals surface area contributed by atoms with E-state index in [-0.39, 0.29) is 25.4 Å². The second-order valence-electron chi connectivity index (χ2n) is 7.46. The number of hydrogen-bond donors (Lipinski definition) is 0. The quantitative estimate of drug-likeness (QED) is 0.370. The van der Waals surface area contributed by atoms with Gasteiger partial charge in [-0.05, 0) is 0 Å². The molecule has 0 heterocycles. The van der Waals surface area contributed by atoms with Crippen LogP contribution in [0.5, 0.6) is 0 Å². The van der Waals surface area contributed by atoms with Crippen LogP contribution in [0.2, 0.25) is 58.9 Å². The second kappa shape index (κ2) is 14.6. The summed E-state index contributed by atoms with van der Waals surface area (Å²) in [6.45, 7) is 32.6. The van der Waals surface area contributed by atoms with Gasteiger partial charge in [0, 0.05) is 30.1 Å². The van der Waals surface area contributed by atoms with Crippen molar-refractivity contribution in [3.8, 4) is 0 Å². The van der Waals surface area contributed by atoms with Crippen molar-refractivity contribution in [2.45, 2.75) is 58.9 Å². The predicted molar refractivity (Wildman–Crippen MR) is 106 cm³/mol. The van der Waals surface area contributed by atoms with Gasteiger partial charge < -0.3 is 0 Å². The first-order valence-electron chi connectivity index (χ1n) is 7.32. The van der Waals surface area contributed by atoms with E-state index in [1.807, 2.05) is 30.3 Å². The van der Waals surface area contributed by atoms with Gasteiger partial charge >= 0.3 is 39.7 Å². The van der Waals surface area contributed by atoms with Crippen LogP contribution in [0.15, 0.2) is 30.3 Å². The van der Waals surface area contributed by atoms with Crippen LogP contribution in [0, 0.1) is 13.3 Å². The average Bonchev–Trinajstić information content (AvgIpc) is 3.01. The zero-order valence-electron chi connectivity index (χ0n) is 16.1. The molecular weight excluding hydrogens is 392 g/mol. The fraction of sp³-hybridized carbons (Fsp3) is 0.562. The molecule has 0 aliphatic rings. The van der Waals surface area contributed by atoms with Gasteiger partial charge in [0.1, 0.15) is 0 Å². The molecule has 1 aromatic carbocycles. The van der Waals surface area contributed by atoms with E-state index in [1.54, 1.807) is 0 Å². The normalized spacial score (nSPS) is 10.5. The molecule has 0 N–H and O–H groups in total. The number of rotatable bonds is 3. The zero-order valence-corrected chi connectivity index (χ0v) is 21.2. The Morgan fingerprint density at radius 1 is 0.783 bits per heavy atom. The third kappa shape index (κ3) is 10.6. The van der Waals surface area contributed by atoms with E-state index in [2.05, 4.69) is 72.2 Å². The van der Waals surface area contributed by atoms with Crippen LogP contribution in [0.4, 0.5) is 0 Å². The van der Waals surface area contributed by atoms with Crippen molar-refractivity contribution in [2.75, 3.05) is 0 Å². The molecule has 0 aromatic heterocycles. The Kier molecular flexibility index (Phi) is 19.6. The van der Waals surface area contributed by atoms with Crippen molar-refractivity contribution >= 4 is 30.1 Å². The molecule has 0 fully saturated rings. The predicted octanol–water partition coefficient (Wildman–Crippen LogP) is 5.06. The maximum atomic E-state index is 7.50. The van der Waals surface area contributed by atoms with Crippen LogP contribution in [-0.4, -0.2) is 30.1 Å². The number of hydrogen-bond acceptors (Lipinski definition) is 0. The molecule has 0 saturated carbocycles. The van der Waals surface area contributed by atoms with Crippen LogP contribution in [-0.2, 0) is 26.4 Å². The topological polar surface area (TPSA) is 39.8 Å². The maximum Gasteiger partial charge on any atom is 5.00 e. The van der Waals surface area contributed by atoms with Crippen LogP contribution < -0.4 is 0 Å². The fourth-order valence-electron chi connectivity index (χ4n) is 1.88. The molecule has 0 spiro atoms. The Morgan fingerprint density at radius 2 is 1.09 bits per heavy atom. The minimum absolute atomic E-state index is 0. The largest absolute Gasteiger partial charge is 5.00 e. The van der Waals surface area contributed by atoms with Gasteiger partial charge in [-0.15, -0.1) is 0 Å². The van der Waals surface area contributed by atoms with E-state index >= 15 is 0 Å². The SMILES string of the molecule is C[Si](C)[Si](C)(C)[Si](C)(C)[Si](C)(C)C.[C-]#[O+].[C-]#[O+].[Fe+5].c1cc[cH-]c1. The van der Waals surface area contributed by atoms with Crippen molar-refractivity contribution in [3.05, 3.63) is 43.6 Å². The summed E-state index contributed by atoms with van der Waals surface area (Å²) in [6, 6.07) is 10.0. The van der Waals surface area contributed by atoms with Gasteiger partial charge in [-0.25, -0.2) is 12.1 Å².